The van der Waals surface area contributed by atoms with Crippen molar-refractivity contribution in [3.8, 4) is 0 Å². The minimum Gasteiger partial charge on any atom is -0.383 e. The van der Waals surface area contributed by atoms with Gasteiger partial charge in [0.2, 0.25) is 0 Å². The molecular weight excluding hydrogens is 238 g/mol. The molecule has 0 bridgehead atoms. The number of hydrogen-bond donors (Lipinski definition) is 1. The lowest BCUT2D eigenvalue weighted by atomic mass is 10.1. The van der Waals surface area contributed by atoms with Crippen LogP contribution in [0.15, 0.2) is 6.07 Å². The van der Waals surface area contributed by atoms with Crippen LogP contribution in [0.2, 0.25) is 0 Å². The molecule has 19 heavy (non-hydrogen) atoms. The topological polar surface area (TPSA) is 37.4 Å². The summed E-state index contributed by atoms with van der Waals surface area (Å²) in [6.45, 7) is 9.86. The summed E-state index contributed by atoms with van der Waals surface area (Å²) >= 11 is 0. The van der Waals surface area contributed by atoms with Crippen LogP contribution in [0, 0.1) is 13.8 Å². The average molecular weight is 265 g/mol. The van der Waals surface area contributed by atoms with Crippen molar-refractivity contribution in [2.45, 2.75) is 33.7 Å². The molecule has 0 radical (unpaired) electrons. The maximum atomic E-state index is 5.15. The van der Waals surface area contributed by atoms with Crippen molar-refractivity contribution in [3.05, 3.63) is 22.9 Å². The summed E-state index contributed by atoms with van der Waals surface area (Å²) in [7, 11) is 3.80. The highest BCUT2D eigenvalue weighted by Gasteiger charge is 2.12. The van der Waals surface area contributed by atoms with Gasteiger partial charge in [-0.3, -0.25) is 0 Å². The molecule has 1 rings (SSSR count). The summed E-state index contributed by atoms with van der Waals surface area (Å²) in [6, 6.07) is 2.15. The zero-order valence-electron chi connectivity index (χ0n) is 12.9. The van der Waals surface area contributed by atoms with E-state index in [1.165, 1.54) is 11.1 Å². The number of nitrogens with one attached hydrogen (secondary N) is 1. The summed E-state index contributed by atoms with van der Waals surface area (Å²) in [5.74, 6) is 1.07. The van der Waals surface area contributed by atoms with Crippen LogP contribution in [0.4, 0.5) is 5.82 Å². The average Bonchev–Trinajstić information content (AvgIpc) is 2.38. The molecule has 4 nitrogen and oxygen atoms in total. The van der Waals surface area contributed by atoms with Gasteiger partial charge >= 0.3 is 0 Å². The number of aryl methyl sites for hydroxylation is 2. The van der Waals surface area contributed by atoms with Gasteiger partial charge in [0.25, 0.3) is 0 Å². The fourth-order valence-corrected chi connectivity index (χ4v) is 2.10. The van der Waals surface area contributed by atoms with E-state index >= 15 is 0 Å². The molecule has 0 saturated carbocycles. The Morgan fingerprint density at radius 2 is 2.11 bits per heavy atom. The number of anilines is 1. The first-order chi connectivity index (χ1) is 9.10. The van der Waals surface area contributed by atoms with Gasteiger partial charge in [0.05, 0.1) is 6.61 Å². The molecule has 0 aliphatic heterocycles. The highest BCUT2D eigenvalue weighted by Crippen LogP contribution is 2.21. The van der Waals surface area contributed by atoms with E-state index < -0.39 is 0 Å². The lowest BCUT2D eigenvalue weighted by Gasteiger charge is -2.23. The molecule has 1 aromatic heterocycles. The van der Waals surface area contributed by atoms with Crippen LogP contribution >= 0.6 is 0 Å². The summed E-state index contributed by atoms with van der Waals surface area (Å²) in [5, 5.41) is 3.47. The summed E-state index contributed by atoms with van der Waals surface area (Å²) in [5.41, 5.74) is 3.66. The summed E-state index contributed by atoms with van der Waals surface area (Å²) in [4.78, 5) is 6.87. The van der Waals surface area contributed by atoms with Crippen LogP contribution in [0.3, 0.4) is 0 Å². The third-order valence-corrected chi connectivity index (χ3v) is 3.17. The maximum absolute atomic E-state index is 5.15. The molecule has 0 unspecified atom stereocenters. The van der Waals surface area contributed by atoms with Crippen LogP contribution in [0.25, 0.3) is 0 Å². The lowest BCUT2D eigenvalue weighted by Crippen LogP contribution is -2.26. The van der Waals surface area contributed by atoms with E-state index in [2.05, 4.69) is 37.2 Å². The minimum absolute atomic E-state index is 0.715. The number of rotatable bonds is 8. The number of likely N-dealkylation sites (N-methyl/N-ethyl adjacent to an activating group) is 1. The first-order valence-electron chi connectivity index (χ1n) is 6.98. The van der Waals surface area contributed by atoms with Crippen molar-refractivity contribution in [1.82, 2.24) is 10.3 Å². The molecule has 108 valence electrons. The van der Waals surface area contributed by atoms with Crippen molar-refractivity contribution >= 4 is 5.82 Å². The SMILES string of the molecule is CCCNCc1c(C)cc(C)nc1N(C)CCOC. The van der Waals surface area contributed by atoms with Gasteiger partial charge in [-0.2, -0.15) is 0 Å². The van der Waals surface area contributed by atoms with E-state index in [9.17, 15) is 0 Å². The second-order valence-corrected chi connectivity index (χ2v) is 4.97. The Bertz CT molecular complexity index is 393. The molecule has 1 N–H and O–H groups in total. The Labute approximate surface area is 117 Å². The predicted molar refractivity (Wildman–Crippen MR) is 80.9 cm³/mol. The van der Waals surface area contributed by atoms with Gasteiger partial charge in [-0.05, 0) is 38.4 Å². The van der Waals surface area contributed by atoms with Gasteiger partial charge in [0.1, 0.15) is 5.82 Å². The van der Waals surface area contributed by atoms with Crippen LogP contribution in [0.1, 0.15) is 30.2 Å². The molecule has 4 heteroatoms. The van der Waals surface area contributed by atoms with Gasteiger partial charge in [0, 0.05) is 38.5 Å². The highest BCUT2D eigenvalue weighted by molar-refractivity contribution is 5.51. The van der Waals surface area contributed by atoms with Crippen molar-refractivity contribution in [2.24, 2.45) is 0 Å². The quantitative estimate of drug-likeness (QED) is 0.732. The first-order valence-corrected chi connectivity index (χ1v) is 6.98. The Morgan fingerprint density at radius 3 is 2.74 bits per heavy atom. The monoisotopic (exact) mass is 265 g/mol. The minimum atomic E-state index is 0.715. The second kappa shape index (κ2) is 8.12. The first kappa shape index (κ1) is 15.9. The third kappa shape index (κ3) is 4.80. The molecule has 0 fully saturated rings. The van der Waals surface area contributed by atoms with Crippen molar-refractivity contribution < 1.29 is 4.74 Å². The van der Waals surface area contributed by atoms with E-state index in [0.29, 0.717) is 6.61 Å². The van der Waals surface area contributed by atoms with Gasteiger partial charge in [0.15, 0.2) is 0 Å². The summed E-state index contributed by atoms with van der Waals surface area (Å²) < 4.78 is 5.15. The van der Waals surface area contributed by atoms with Gasteiger partial charge in [-0.25, -0.2) is 4.98 Å². The molecule has 0 aliphatic carbocycles. The number of nitrogens with zero attached hydrogens (tertiary/aromatic N) is 2. The normalized spacial score (nSPS) is 10.8. The Balaban J connectivity index is 2.91. The number of aromatic nitrogens is 1. The maximum Gasteiger partial charge on any atom is 0.133 e. The second-order valence-electron chi connectivity index (χ2n) is 4.97. The lowest BCUT2D eigenvalue weighted by molar-refractivity contribution is 0.206. The molecule has 1 heterocycles. The molecule has 0 atom stereocenters. The van der Waals surface area contributed by atoms with Gasteiger partial charge < -0.3 is 15.0 Å². The van der Waals surface area contributed by atoms with Crippen molar-refractivity contribution in [3.63, 3.8) is 0 Å². The van der Waals surface area contributed by atoms with Crippen LogP contribution in [-0.2, 0) is 11.3 Å². The van der Waals surface area contributed by atoms with E-state index in [0.717, 1.165) is 37.6 Å². The number of methoxy groups -OCH3 is 1. The van der Waals surface area contributed by atoms with Crippen LogP contribution in [-0.4, -0.2) is 38.8 Å². The van der Waals surface area contributed by atoms with Crippen molar-refractivity contribution in [1.29, 1.82) is 0 Å². The standard InChI is InChI=1S/C15H27N3O/c1-6-7-16-11-14-12(2)10-13(3)17-15(14)18(4)8-9-19-5/h10,16H,6-9,11H2,1-5H3. The van der Waals surface area contributed by atoms with E-state index in [1.54, 1.807) is 7.11 Å². The number of ether oxygens (including phenoxy) is 1. The Hall–Kier alpha value is -1.13. The molecule has 0 amide bonds. The fourth-order valence-electron chi connectivity index (χ4n) is 2.10. The summed E-state index contributed by atoms with van der Waals surface area (Å²) in [6.07, 6.45) is 1.15. The van der Waals surface area contributed by atoms with Gasteiger partial charge in [-0.15, -0.1) is 0 Å². The van der Waals surface area contributed by atoms with E-state index in [-0.39, 0.29) is 0 Å². The Morgan fingerprint density at radius 1 is 1.37 bits per heavy atom. The largest absolute Gasteiger partial charge is 0.383 e. The van der Waals surface area contributed by atoms with Crippen LogP contribution in [0.5, 0.6) is 0 Å². The zero-order valence-corrected chi connectivity index (χ0v) is 12.9. The molecule has 0 aromatic carbocycles. The van der Waals surface area contributed by atoms with Crippen molar-refractivity contribution in [2.75, 3.05) is 38.8 Å². The number of pyridine rings is 1. The molecule has 0 spiro atoms. The fraction of sp³-hybridized carbons (Fsp3) is 0.667. The number of hydrogen-bond acceptors (Lipinski definition) is 4. The smallest absolute Gasteiger partial charge is 0.133 e. The van der Waals surface area contributed by atoms with E-state index in [4.69, 9.17) is 9.72 Å². The molecule has 0 saturated heterocycles. The predicted octanol–water partition coefficient (Wildman–Crippen LogP) is 2.28. The third-order valence-electron chi connectivity index (χ3n) is 3.17. The van der Waals surface area contributed by atoms with Crippen LogP contribution < -0.4 is 10.2 Å². The van der Waals surface area contributed by atoms with Gasteiger partial charge in [-0.1, -0.05) is 6.92 Å². The molecule has 0 aliphatic rings. The Kier molecular flexibility index (Phi) is 6.81. The highest BCUT2D eigenvalue weighted by atomic mass is 16.5. The molecular formula is C15H27N3O. The van der Waals surface area contributed by atoms with E-state index in [1.807, 2.05) is 6.92 Å². The molecule has 1 aromatic rings. The zero-order chi connectivity index (χ0) is 14.3.